The van der Waals surface area contributed by atoms with Gasteiger partial charge in [0.2, 0.25) is 0 Å². The minimum Gasteiger partial charge on any atom is -0.494 e. The Hall–Kier alpha value is -3.55. The van der Waals surface area contributed by atoms with Crippen LogP contribution in [0.5, 0.6) is 5.75 Å². The lowest BCUT2D eigenvalue weighted by molar-refractivity contribution is 0.101. The molecule has 0 aliphatic heterocycles. The highest BCUT2D eigenvalue weighted by atomic mass is 19.1. The largest absolute Gasteiger partial charge is 0.494 e. The number of nitrogens with one attached hydrogen (secondary N) is 1. The number of methoxy groups -OCH3 is 1. The van der Waals surface area contributed by atoms with Gasteiger partial charge in [-0.05, 0) is 31.2 Å². The van der Waals surface area contributed by atoms with Crippen LogP contribution < -0.4 is 15.6 Å². The molecule has 2 aromatic carbocycles. The van der Waals surface area contributed by atoms with E-state index >= 15 is 0 Å². The highest BCUT2D eigenvalue weighted by Gasteiger charge is 2.19. The maximum Gasteiger partial charge on any atom is 0.280 e. The fourth-order valence-electron chi connectivity index (χ4n) is 2.40. The van der Waals surface area contributed by atoms with Crippen molar-refractivity contribution in [1.29, 1.82) is 0 Å². The summed E-state index contributed by atoms with van der Waals surface area (Å²) in [6, 6.07) is 10.8. The standard InChI is InChI=1S/C19H15F2N3O3/c1-11-3-6-13(7-4-11)24-17(25)10-16(27-2)18(23-24)19(26)22-15-8-5-12(20)9-14(15)21/h3-10H,1-2H3,(H,22,26). The van der Waals surface area contributed by atoms with Crippen molar-refractivity contribution in [3.63, 3.8) is 0 Å². The Kier molecular flexibility index (Phi) is 4.98. The molecule has 0 aliphatic carbocycles. The zero-order valence-corrected chi connectivity index (χ0v) is 14.5. The Morgan fingerprint density at radius 1 is 1.11 bits per heavy atom. The quantitative estimate of drug-likeness (QED) is 0.765. The Balaban J connectivity index is 2.02. The number of aromatic nitrogens is 2. The van der Waals surface area contributed by atoms with Crippen molar-refractivity contribution in [2.24, 2.45) is 0 Å². The van der Waals surface area contributed by atoms with Crippen LogP contribution in [-0.2, 0) is 0 Å². The van der Waals surface area contributed by atoms with E-state index in [1.165, 1.54) is 7.11 Å². The Morgan fingerprint density at radius 2 is 1.81 bits per heavy atom. The molecule has 8 heteroatoms. The van der Waals surface area contributed by atoms with Gasteiger partial charge in [0, 0.05) is 6.07 Å². The lowest BCUT2D eigenvalue weighted by Crippen LogP contribution is -2.26. The molecule has 3 aromatic rings. The van der Waals surface area contributed by atoms with Gasteiger partial charge in [-0.1, -0.05) is 17.7 Å². The number of anilines is 1. The number of rotatable bonds is 4. The number of hydrogen-bond acceptors (Lipinski definition) is 4. The van der Waals surface area contributed by atoms with E-state index in [2.05, 4.69) is 10.4 Å². The summed E-state index contributed by atoms with van der Waals surface area (Å²) in [5.41, 5.74) is 0.500. The normalized spacial score (nSPS) is 10.5. The van der Waals surface area contributed by atoms with Crippen molar-refractivity contribution >= 4 is 11.6 Å². The van der Waals surface area contributed by atoms with Gasteiger partial charge in [-0.25, -0.2) is 8.78 Å². The fraction of sp³-hybridized carbons (Fsp3) is 0.105. The third kappa shape index (κ3) is 3.84. The van der Waals surface area contributed by atoms with Gasteiger partial charge in [0.25, 0.3) is 11.5 Å². The summed E-state index contributed by atoms with van der Waals surface area (Å²) in [7, 11) is 1.28. The second-order valence-corrected chi connectivity index (χ2v) is 5.73. The van der Waals surface area contributed by atoms with Crippen molar-refractivity contribution in [3.8, 4) is 11.4 Å². The smallest absolute Gasteiger partial charge is 0.280 e. The summed E-state index contributed by atoms with van der Waals surface area (Å²) in [5, 5.41) is 6.35. The average Bonchev–Trinajstić information content (AvgIpc) is 2.64. The maximum atomic E-state index is 13.8. The van der Waals surface area contributed by atoms with Gasteiger partial charge < -0.3 is 10.1 Å². The van der Waals surface area contributed by atoms with Gasteiger partial charge in [-0.3, -0.25) is 9.59 Å². The molecule has 0 bridgehead atoms. The Bertz CT molecular complexity index is 1060. The lowest BCUT2D eigenvalue weighted by atomic mass is 10.2. The summed E-state index contributed by atoms with van der Waals surface area (Å²) in [6.45, 7) is 1.89. The minimum absolute atomic E-state index is 0.0663. The van der Waals surface area contributed by atoms with Crippen LogP contribution in [0.15, 0.2) is 53.3 Å². The Labute approximate surface area is 153 Å². The van der Waals surface area contributed by atoms with E-state index in [0.29, 0.717) is 11.8 Å². The number of nitrogens with zero attached hydrogens (tertiary/aromatic N) is 2. The first-order chi connectivity index (χ1) is 12.9. The molecule has 138 valence electrons. The number of amides is 1. The molecule has 1 amide bonds. The molecule has 27 heavy (non-hydrogen) atoms. The molecule has 1 aromatic heterocycles. The van der Waals surface area contributed by atoms with Crippen molar-refractivity contribution in [1.82, 2.24) is 9.78 Å². The first kappa shape index (κ1) is 18.2. The minimum atomic E-state index is -0.936. The van der Waals surface area contributed by atoms with Gasteiger partial charge in [0.15, 0.2) is 11.4 Å². The van der Waals surface area contributed by atoms with E-state index in [0.717, 1.165) is 28.4 Å². The summed E-state index contributed by atoms with van der Waals surface area (Å²) < 4.78 is 32.9. The molecule has 3 rings (SSSR count). The molecule has 0 spiro atoms. The number of ether oxygens (including phenoxy) is 1. The number of halogens is 2. The number of carbonyl (C=O) groups excluding carboxylic acids is 1. The van der Waals surface area contributed by atoms with Gasteiger partial charge in [0.05, 0.1) is 24.6 Å². The first-order valence-electron chi connectivity index (χ1n) is 7.91. The van der Waals surface area contributed by atoms with Crippen molar-refractivity contribution < 1.29 is 18.3 Å². The summed E-state index contributed by atoms with van der Waals surface area (Å²) >= 11 is 0. The number of benzene rings is 2. The molecule has 0 saturated carbocycles. The molecule has 6 nitrogen and oxygen atoms in total. The second-order valence-electron chi connectivity index (χ2n) is 5.73. The molecular formula is C19H15F2N3O3. The zero-order chi connectivity index (χ0) is 19.6. The summed E-state index contributed by atoms with van der Waals surface area (Å²) in [5.74, 6) is -2.58. The third-order valence-corrected chi connectivity index (χ3v) is 3.79. The van der Waals surface area contributed by atoms with Crippen LogP contribution in [0, 0.1) is 18.6 Å². The Morgan fingerprint density at radius 3 is 2.44 bits per heavy atom. The van der Waals surface area contributed by atoms with E-state index in [-0.39, 0.29) is 17.1 Å². The second kappa shape index (κ2) is 7.36. The van der Waals surface area contributed by atoms with Gasteiger partial charge in [-0.15, -0.1) is 0 Å². The van der Waals surface area contributed by atoms with E-state index in [9.17, 15) is 18.4 Å². The van der Waals surface area contributed by atoms with Crippen molar-refractivity contribution in [2.75, 3.05) is 12.4 Å². The molecule has 1 heterocycles. The highest BCUT2D eigenvalue weighted by molar-refractivity contribution is 6.04. The van der Waals surface area contributed by atoms with Crippen molar-refractivity contribution in [3.05, 3.63) is 81.8 Å². The zero-order valence-electron chi connectivity index (χ0n) is 14.5. The molecule has 0 fully saturated rings. The lowest BCUT2D eigenvalue weighted by Gasteiger charge is -2.12. The maximum absolute atomic E-state index is 13.8. The predicted octanol–water partition coefficient (Wildman–Crippen LogP) is 3.08. The molecule has 0 saturated heterocycles. The topological polar surface area (TPSA) is 73.2 Å². The van der Waals surface area contributed by atoms with Gasteiger partial charge in [0.1, 0.15) is 11.6 Å². The van der Waals surface area contributed by atoms with Crippen LogP contribution >= 0.6 is 0 Å². The number of hydrogen-bond donors (Lipinski definition) is 1. The monoisotopic (exact) mass is 371 g/mol. The van der Waals surface area contributed by atoms with E-state index in [1.807, 2.05) is 6.92 Å². The molecule has 0 radical (unpaired) electrons. The number of aryl methyl sites for hydroxylation is 1. The molecule has 0 aliphatic rings. The SMILES string of the molecule is COc1cc(=O)n(-c2ccc(C)cc2)nc1C(=O)Nc1ccc(F)cc1F. The van der Waals surface area contributed by atoms with E-state index in [1.54, 1.807) is 24.3 Å². The predicted molar refractivity (Wildman–Crippen MR) is 95.4 cm³/mol. The molecule has 0 unspecified atom stereocenters. The molecular weight excluding hydrogens is 356 g/mol. The molecule has 1 N–H and O–H groups in total. The average molecular weight is 371 g/mol. The van der Waals surface area contributed by atoms with Crippen LogP contribution in [0.25, 0.3) is 5.69 Å². The van der Waals surface area contributed by atoms with Crippen LogP contribution in [0.3, 0.4) is 0 Å². The third-order valence-electron chi connectivity index (χ3n) is 3.79. The van der Waals surface area contributed by atoms with Crippen molar-refractivity contribution in [2.45, 2.75) is 6.92 Å². The first-order valence-corrected chi connectivity index (χ1v) is 7.91. The summed E-state index contributed by atoms with van der Waals surface area (Å²) in [4.78, 5) is 24.8. The fourth-order valence-corrected chi connectivity index (χ4v) is 2.40. The van der Waals surface area contributed by atoms with Crippen LogP contribution in [0.2, 0.25) is 0 Å². The summed E-state index contributed by atoms with van der Waals surface area (Å²) in [6.07, 6.45) is 0. The number of carbonyl (C=O) groups is 1. The van der Waals surface area contributed by atoms with Gasteiger partial charge >= 0.3 is 0 Å². The van der Waals surface area contributed by atoms with Crippen LogP contribution in [0.1, 0.15) is 16.1 Å². The van der Waals surface area contributed by atoms with Crippen LogP contribution in [-0.4, -0.2) is 22.8 Å². The molecule has 0 atom stereocenters. The van der Waals surface area contributed by atoms with Gasteiger partial charge in [-0.2, -0.15) is 9.78 Å². The van der Waals surface area contributed by atoms with Crippen LogP contribution in [0.4, 0.5) is 14.5 Å². The highest BCUT2D eigenvalue weighted by Crippen LogP contribution is 2.19. The van der Waals surface area contributed by atoms with E-state index in [4.69, 9.17) is 4.74 Å². The van der Waals surface area contributed by atoms with E-state index < -0.39 is 23.1 Å².